The smallest absolute Gasteiger partial charge is 0.300 e. The van der Waals surface area contributed by atoms with Gasteiger partial charge in [-0.1, -0.05) is 55.8 Å². The highest BCUT2D eigenvalue weighted by molar-refractivity contribution is 6.51. The summed E-state index contributed by atoms with van der Waals surface area (Å²) in [4.78, 5) is 28.2. The number of benzene rings is 3. The number of hydrogen-bond acceptors (Lipinski definition) is 5. The molecule has 1 saturated heterocycles. The fourth-order valence-corrected chi connectivity index (χ4v) is 4.28. The first-order chi connectivity index (χ1) is 17.3. The zero-order chi connectivity index (χ0) is 25.8. The van der Waals surface area contributed by atoms with Gasteiger partial charge in [0.05, 0.1) is 24.8 Å². The lowest BCUT2D eigenvalue weighted by molar-refractivity contribution is -0.132. The van der Waals surface area contributed by atoms with Gasteiger partial charge in [-0.05, 0) is 61.7 Å². The standard InChI is InChI=1S/C30H31NO5/c1-5-35-24-14-12-23(13-15-24)31-27(21-9-6-8-20(4)16-21)26(29(33)30(31)34)28(32)22-10-7-11-25(17-22)36-18-19(2)3/h6-17,19,27,32H,5,18H2,1-4H3/b28-26-. The van der Waals surface area contributed by atoms with Gasteiger partial charge in [-0.15, -0.1) is 0 Å². The average molecular weight is 486 g/mol. The van der Waals surface area contributed by atoms with Gasteiger partial charge in [0.25, 0.3) is 11.7 Å². The molecule has 4 rings (SSSR count). The number of nitrogens with zero attached hydrogens (tertiary/aromatic N) is 1. The molecule has 1 heterocycles. The van der Waals surface area contributed by atoms with Crippen molar-refractivity contribution in [1.82, 2.24) is 0 Å². The van der Waals surface area contributed by atoms with Gasteiger partial charge in [0.15, 0.2) is 0 Å². The molecule has 1 N–H and O–H groups in total. The van der Waals surface area contributed by atoms with Crippen LogP contribution in [0.15, 0.2) is 78.4 Å². The van der Waals surface area contributed by atoms with E-state index in [0.717, 1.165) is 11.1 Å². The van der Waals surface area contributed by atoms with Crippen molar-refractivity contribution < 1.29 is 24.2 Å². The summed E-state index contributed by atoms with van der Waals surface area (Å²) in [5, 5.41) is 11.4. The minimum Gasteiger partial charge on any atom is -0.507 e. The van der Waals surface area contributed by atoms with Gasteiger partial charge < -0.3 is 14.6 Å². The lowest BCUT2D eigenvalue weighted by Gasteiger charge is -2.26. The molecule has 3 aromatic rings. The molecule has 0 saturated carbocycles. The molecule has 0 bridgehead atoms. The van der Waals surface area contributed by atoms with Gasteiger partial charge in [0.2, 0.25) is 0 Å². The molecule has 0 aliphatic carbocycles. The van der Waals surface area contributed by atoms with Crippen molar-refractivity contribution in [3.8, 4) is 11.5 Å². The Bertz CT molecular complexity index is 1290. The van der Waals surface area contributed by atoms with E-state index in [-0.39, 0.29) is 11.3 Å². The molecule has 36 heavy (non-hydrogen) atoms. The van der Waals surface area contributed by atoms with E-state index in [1.807, 2.05) is 52.0 Å². The lowest BCUT2D eigenvalue weighted by atomic mass is 9.94. The van der Waals surface area contributed by atoms with Crippen molar-refractivity contribution in [1.29, 1.82) is 0 Å². The summed E-state index contributed by atoms with van der Waals surface area (Å²) in [5.74, 6) is -0.0733. The zero-order valence-corrected chi connectivity index (χ0v) is 21.0. The first-order valence-electron chi connectivity index (χ1n) is 12.1. The SMILES string of the molecule is CCOc1ccc(N2C(=O)C(=O)/C(=C(\O)c3cccc(OCC(C)C)c3)C2c2cccc(C)c2)cc1. The van der Waals surface area contributed by atoms with Crippen molar-refractivity contribution in [2.45, 2.75) is 33.7 Å². The maximum Gasteiger partial charge on any atom is 0.300 e. The van der Waals surface area contributed by atoms with Crippen LogP contribution in [0.25, 0.3) is 5.76 Å². The second-order valence-electron chi connectivity index (χ2n) is 9.24. The van der Waals surface area contributed by atoms with Crippen LogP contribution in [0.5, 0.6) is 11.5 Å². The maximum atomic E-state index is 13.4. The Morgan fingerprint density at radius 3 is 2.33 bits per heavy atom. The summed E-state index contributed by atoms with van der Waals surface area (Å²) >= 11 is 0. The van der Waals surface area contributed by atoms with Gasteiger partial charge in [-0.3, -0.25) is 14.5 Å². The van der Waals surface area contributed by atoms with Crippen molar-refractivity contribution in [3.05, 3.63) is 95.1 Å². The minimum atomic E-state index is -0.789. The average Bonchev–Trinajstić information content (AvgIpc) is 3.13. The van der Waals surface area contributed by atoms with Crippen LogP contribution >= 0.6 is 0 Å². The minimum absolute atomic E-state index is 0.0421. The maximum absolute atomic E-state index is 13.4. The van der Waals surface area contributed by atoms with Gasteiger partial charge in [0, 0.05) is 11.3 Å². The predicted molar refractivity (Wildman–Crippen MR) is 140 cm³/mol. The fraction of sp³-hybridized carbons (Fsp3) is 0.267. The van der Waals surface area contributed by atoms with Crippen LogP contribution in [0.1, 0.15) is 43.5 Å². The molecule has 6 heteroatoms. The third kappa shape index (κ3) is 5.13. The Balaban J connectivity index is 1.84. The van der Waals surface area contributed by atoms with E-state index >= 15 is 0 Å². The monoisotopic (exact) mass is 485 g/mol. The van der Waals surface area contributed by atoms with Crippen LogP contribution in [0.2, 0.25) is 0 Å². The fourth-order valence-electron chi connectivity index (χ4n) is 4.28. The number of carbonyl (C=O) groups is 2. The van der Waals surface area contributed by atoms with E-state index in [2.05, 4.69) is 0 Å². The van der Waals surface area contributed by atoms with Crippen LogP contribution in [0, 0.1) is 12.8 Å². The topological polar surface area (TPSA) is 76.1 Å². The highest BCUT2D eigenvalue weighted by atomic mass is 16.5. The summed E-state index contributed by atoms with van der Waals surface area (Å²) in [6, 6.07) is 20.8. The van der Waals surface area contributed by atoms with Crippen LogP contribution in [-0.4, -0.2) is 30.0 Å². The number of amides is 1. The first kappa shape index (κ1) is 25.0. The van der Waals surface area contributed by atoms with Crippen molar-refractivity contribution >= 4 is 23.1 Å². The van der Waals surface area contributed by atoms with E-state index < -0.39 is 17.7 Å². The molecule has 1 fully saturated rings. The Kier molecular flexibility index (Phi) is 7.44. The normalized spacial score (nSPS) is 17.0. The number of aliphatic hydroxyl groups is 1. The quantitative estimate of drug-likeness (QED) is 0.239. The molecule has 3 aromatic carbocycles. The number of ether oxygens (including phenoxy) is 2. The summed E-state index contributed by atoms with van der Waals surface area (Å²) < 4.78 is 11.3. The third-order valence-corrected chi connectivity index (χ3v) is 5.92. The van der Waals surface area contributed by atoms with Crippen LogP contribution in [0.3, 0.4) is 0 Å². The van der Waals surface area contributed by atoms with E-state index in [9.17, 15) is 14.7 Å². The number of ketones is 1. The summed E-state index contributed by atoms with van der Waals surface area (Å²) in [7, 11) is 0. The molecule has 186 valence electrons. The van der Waals surface area contributed by atoms with Crippen LogP contribution in [0.4, 0.5) is 5.69 Å². The lowest BCUT2D eigenvalue weighted by Crippen LogP contribution is -2.29. The number of Topliss-reactive ketones (excluding diaryl/α,β-unsaturated/α-hetero) is 1. The molecule has 6 nitrogen and oxygen atoms in total. The van der Waals surface area contributed by atoms with E-state index in [1.54, 1.807) is 48.5 Å². The second kappa shape index (κ2) is 10.7. The number of aryl methyl sites for hydroxylation is 1. The molecule has 0 aromatic heterocycles. The summed E-state index contributed by atoms with van der Waals surface area (Å²) in [5.41, 5.74) is 2.71. The van der Waals surface area contributed by atoms with Crippen molar-refractivity contribution in [2.24, 2.45) is 5.92 Å². The zero-order valence-electron chi connectivity index (χ0n) is 21.0. The highest BCUT2D eigenvalue weighted by Gasteiger charge is 2.47. The van der Waals surface area contributed by atoms with Crippen molar-refractivity contribution in [2.75, 3.05) is 18.1 Å². The first-order valence-corrected chi connectivity index (χ1v) is 12.1. The molecule has 1 aliphatic rings. The molecular formula is C30H31NO5. The molecule has 0 radical (unpaired) electrons. The van der Waals surface area contributed by atoms with Crippen LogP contribution < -0.4 is 14.4 Å². The number of hydrogen-bond donors (Lipinski definition) is 1. The van der Waals surface area contributed by atoms with E-state index in [1.165, 1.54) is 4.90 Å². The predicted octanol–water partition coefficient (Wildman–Crippen LogP) is 6.05. The van der Waals surface area contributed by atoms with Gasteiger partial charge in [-0.2, -0.15) is 0 Å². The molecule has 1 amide bonds. The Morgan fingerprint density at radius 2 is 1.67 bits per heavy atom. The molecule has 0 spiro atoms. The number of carbonyl (C=O) groups excluding carboxylic acids is 2. The summed E-state index contributed by atoms with van der Waals surface area (Å²) in [6.45, 7) is 8.99. The third-order valence-electron chi connectivity index (χ3n) is 5.92. The van der Waals surface area contributed by atoms with E-state index in [4.69, 9.17) is 9.47 Å². The van der Waals surface area contributed by atoms with Crippen molar-refractivity contribution in [3.63, 3.8) is 0 Å². The van der Waals surface area contributed by atoms with Gasteiger partial charge in [0.1, 0.15) is 17.3 Å². The molecular weight excluding hydrogens is 454 g/mol. The van der Waals surface area contributed by atoms with Gasteiger partial charge >= 0.3 is 0 Å². The largest absolute Gasteiger partial charge is 0.507 e. The Labute approximate surface area is 211 Å². The highest BCUT2D eigenvalue weighted by Crippen LogP contribution is 2.42. The number of aliphatic hydroxyl groups excluding tert-OH is 1. The number of rotatable bonds is 8. The summed E-state index contributed by atoms with van der Waals surface area (Å²) in [6.07, 6.45) is 0. The Hall–Kier alpha value is -4.06. The Morgan fingerprint density at radius 1 is 0.944 bits per heavy atom. The molecule has 1 aliphatic heterocycles. The molecule has 1 atom stereocenters. The van der Waals surface area contributed by atoms with Crippen LogP contribution in [-0.2, 0) is 9.59 Å². The second-order valence-corrected chi connectivity index (χ2v) is 9.24. The van der Waals surface area contributed by atoms with Gasteiger partial charge in [-0.25, -0.2) is 0 Å². The van der Waals surface area contributed by atoms with E-state index in [0.29, 0.717) is 41.9 Å². The number of anilines is 1. The molecule has 1 unspecified atom stereocenters.